The number of phosphoric ester groups is 1. The molecule has 1 fully saturated rings. The average Bonchev–Trinajstić information content (AvgIpc) is 3.12. The minimum atomic E-state index is -5.33. The van der Waals surface area contributed by atoms with Crippen molar-refractivity contribution in [3.05, 3.63) is 6.33 Å². The van der Waals surface area contributed by atoms with Gasteiger partial charge < -0.3 is 35.6 Å². The summed E-state index contributed by atoms with van der Waals surface area (Å²) in [5.41, 5.74) is 5.97. The highest BCUT2D eigenvalue weighted by Crippen LogP contribution is 2.57. The summed E-state index contributed by atoms with van der Waals surface area (Å²) in [7, 11) is -8.95. The summed E-state index contributed by atoms with van der Waals surface area (Å²) in [5.74, 6) is 0.143. The van der Waals surface area contributed by atoms with E-state index in [0.29, 0.717) is 0 Å². The third kappa shape index (κ3) is 4.71. The van der Waals surface area contributed by atoms with E-state index in [1.807, 2.05) is 0 Å². The molecule has 0 aromatic carbocycles. The summed E-state index contributed by atoms with van der Waals surface area (Å²) < 4.78 is 51.3. The first-order chi connectivity index (χ1) is 13.4. The van der Waals surface area contributed by atoms with E-state index in [2.05, 4.69) is 29.1 Å². The Morgan fingerprint density at radius 1 is 1.38 bits per heavy atom. The Hall–Kier alpha value is -1.74. The summed E-state index contributed by atoms with van der Waals surface area (Å²) in [6.07, 6.45) is -5.59. The van der Waals surface area contributed by atoms with Gasteiger partial charge >= 0.3 is 15.6 Å². The van der Waals surface area contributed by atoms with E-state index >= 15 is 0 Å². The van der Waals surface area contributed by atoms with Gasteiger partial charge in [-0.05, 0) is 0 Å². The zero-order chi connectivity index (χ0) is 21.6. The topological polar surface area (TPSA) is 224 Å². The van der Waals surface area contributed by atoms with Crippen molar-refractivity contribution in [3.8, 4) is 0 Å². The standard InChI is InChI=1S/C11H17FN6O9P2/c1-14-8-6-9(17-11(13)16-8)18(3-15-6)10-5(12)7(19)4(26-10)2-25-29(23,24)27-28(20,21)22/h3-5,7,10,19H,2H2,1H3,(H,23,24)(H2,20,21,22)(H3,13,14,16,17)/t4-,5-,7-,10-/m1/s1. The maximum atomic E-state index is 14.6. The number of aromatic nitrogens is 4. The van der Waals surface area contributed by atoms with Crippen molar-refractivity contribution < 1.29 is 46.9 Å². The molecule has 1 saturated heterocycles. The van der Waals surface area contributed by atoms with Gasteiger partial charge in [-0.1, -0.05) is 0 Å². The first-order valence-electron chi connectivity index (χ1n) is 7.81. The minimum absolute atomic E-state index is 0.0981. The minimum Gasteiger partial charge on any atom is -0.387 e. The van der Waals surface area contributed by atoms with Crippen LogP contribution in [0.25, 0.3) is 11.2 Å². The lowest BCUT2D eigenvalue weighted by Crippen LogP contribution is -2.31. The van der Waals surface area contributed by atoms with Crippen LogP contribution in [0.2, 0.25) is 0 Å². The molecule has 0 saturated carbocycles. The number of fused-ring (bicyclic) bond motifs is 1. The molecule has 1 unspecified atom stereocenters. The van der Waals surface area contributed by atoms with Crippen LogP contribution in [0.4, 0.5) is 16.2 Å². The van der Waals surface area contributed by atoms with E-state index in [-0.39, 0.29) is 22.9 Å². The molecule has 0 bridgehead atoms. The molecule has 2 aromatic heterocycles. The van der Waals surface area contributed by atoms with Gasteiger partial charge in [0.15, 0.2) is 29.4 Å². The second-order valence-electron chi connectivity index (χ2n) is 5.84. The molecular weight excluding hydrogens is 441 g/mol. The molecule has 29 heavy (non-hydrogen) atoms. The van der Waals surface area contributed by atoms with Gasteiger partial charge in [0.25, 0.3) is 0 Å². The van der Waals surface area contributed by atoms with Crippen LogP contribution in [0.5, 0.6) is 0 Å². The van der Waals surface area contributed by atoms with Crippen molar-refractivity contribution in [2.24, 2.45) is 0 Å². The molecule has 5 atom stereocenters. The number of alkyl halides is 1. The molecule has 0 spiro atoms. The van der Waals surface area contributed by atoms with E-state index in [0.717, 1.165) is 4.57 Å². The van der Waals surface area contributed by atoms with Gasteiger partial charge in [0.2, 0.25) is 5.95 Å². The van der Waals surface area contributed by atoms with Crippen LogP contribution in [-0.2, 0) is 22.7 Å². The van der Waals surface area contributed by atoms with Crippen LogP contribution in [0.3, 0.4) is 0 Å². The van der Waals surface area contributed by atoms with Gasteiger partial charge in [0, 0.05) is 7.05 Å². The monoisotopic (exact) mass is 458 g/mol. The van der Waals surface area contributed by atoms with Gasteiger partial charge in [-0.2, -0.15) is 14.3 Å². The lowest BCUT2D eigenvalue weighted by molar-refractivity contribution is -0.0450. The molecule has 2 aromatic rings. The van der Waals surface area contributed by atoms with E-state index in [1.165, 1.54) is 6.33 Å². The third-order valence-corrected chi connectivity index (χ3v) is 6.01. The molecule has 1 aliphatic rings. The van der Waals surface area contributed by atoms with Crippen LogP contribution >= 0.6 is 15.6 Å². The van der Waals surface area contributed by atoms with E-state index in [4.69, 9.17) is 20.3 Å². The summed E-state index contributed by atoms with van der Waals surface area (Å²) in [6.45, 7) is -0.905. The fourth-order valence-corrected chi connectivity index (χ4v) is 4.28. The number of aliphatic hydroxyl groups is 1. The Morgan fingerprint density at radius 2 is 2.07 bits per heavy atom. The van der Waals surface area contributed by atoms with Crippen molar-refractivity contribution in [1.29, 1.82) is 0 Å². The Bertz CT molecular complexity index is 1000. The first-order valence-corrected chi connectivity index (χ1v) is 10.8. The van der Waals surface area contributed by atoms with Gasteiger partial charge in [-0.3, -0.25) is 9.09 Å². The number of ether oxygens (including phenoxy) is 1. The van der Waals surface area contributed by atoms with Crippen molar-refractivity contribution in [1.82, 2.24) is 19.5 Å². The SMILES string of the molecule is CNc1nc(N)nc2c1ncn2[C@@H]1O[C@H](COP(=O)(O)OP(=O)(O)O)[C@@H](O)[C@H]1F. The number of aliphatic hydroxyl groups excluding tert-OH is 1. The maximum Gasteiger partial charge on any atom is 0.481 e. The number of nitrogen functional groups attached to an aromatic ring is 1. The van der Waals surface area contributed by atoms with Gasteiger partial charge in [0.05, 0.1) is 12.9 Å². The first kappa shape index (κ1) is 22.0. The Kier molecular flexibility index (Phi) is 5.93. The second kappa shape index (κ2) is 7.83. The Morgan fingerprint density at radius 3 is 2.69 bits per heavy atom. The van der Waals surface area contributed by atoms with Crippen LogP contribution in [0.1, 0.15) is 6.23 Å². The average molecular weight is 458 g/mol. The highest BCUT2D eigenvalue weighted by Gasteiger charge is 2.47. The van der Waals surface area contributed by atoms with Crippen molar-refractivity contribution in [2.75, 3.05) is 24.7 Å². The number of nitrogens with zero attached hydrogens (tertiary/aromatic N) is 4. The molecular formula is C11H17FN6O9P2. The molecule has 15 nitrogen and oxygen atoms in total. The summed E-state index contributed by atoms with van der Waals surface area (Å²) in [6, 6.07) is 0. The molecule has 7 N–H and O–H groups in total. The molecule has 18 heteroatoms. The number of anilines is 2. The predicted molar refractivity (Wildman–Crippen MR) is 93.0 cm³/mol. The third-order valence-electron chi connectivity index (χ3n) is 3.85. The predicted octanol–water partition coefficient (Wildman–Crippen LogP) is -0.727. The van der Waals surface area contributed by atoms with Crippen molar-refractivity contribution in [3.63, 3.8) is 0 Å². The largest absolute Gasteiger partial charge is 0.481 e. The second-order valence-corrected chi connectivity index (χ2v) is 8.67. The van der Waals surface area contributed by atoms with Crippen LogP contribution in [0.15, 0.2) is 6.33 Å². The Labute approximate surface area is 161 Å². The molecule has 0 radical (unpaired) electrons. The highest BCUT2D eigenvalue weighted by molar-refractivity contribution is 7.60. The van der Waals surface area contributed by atoms with Crippen LogP contribution in [-0.4, -0.2) is 71.3 Å². The number of phosphoric acid groups is 2. The van der Waals surface area contributed by atoms with E-state index in [1.54, 1.807) is 7.05 Å². The van der Waals surface area contributed by atoms with Gasteiger partial charge in [-0.15, -0.1) is 0 Å². The summed E-state index contributed by atoms with van der Waals surface area (Å²) >= 11 is 0. The highest BCUT2D eigenvalue weighted by atomic mass is 31.3. The summed E-state index contributed by atoms with van der Waals surface area (Å²) in [4.78, 5) is 38.4. The molecule has 0 aliphatic carbocycles. The molecule has 0 amide bonds. The van der Waals surface area contributed by atoms with E-state index < -0.39 is 46.9 Å². The lowest BCUT2D eigenvalue weighted by Gasteiger charge is -2.17. The van der Waals surface area contributed by atoms with Gasteiger partial charge in [0.1, 0.15) is 12.2 Å². The Balaban J connectivity index is 1.80. The fourth-order valence-electron chi connectivity index (χ4n) is 2.68. The molecule has 162 valence electrons. The quantitative estimate of drug-likeness (QED) is 0.282. The van der Waals surface area contributed by atoms with Crippen LogP contribution in [0, 0.1) is 0 Å². The van der Waals surface area contributed by atoms with E-state index in [9.17, 15) is 23.5 Å². The normalized spacial score (nSPS) is 27.2. The number of halogens is 1. The smallest absolute Gasteiger partial charge is 0.387 e. The zero-order valence-electron chi connectivity index (χ0n) is 14.6. The summed E-state index contributed by atoms with van der Waals surface area (Å²) in [5, 5.41) is 12.8. The number of imidazole rings is 1. The number of hydrogen-bond acceptors (Lipinski definition) is 11. The molecule has 3 heterocycles. The number of nitrogens with two attached hydrogens (primary N) is 1. The number of rotatable bonds is 7. The molecule has 3 rings (SSSR count). The van der Waals surface area contributed by atoms with Crippen molar-refractivity contribution in [2.45, 2.75) is 24.6 Å². The number of hydrogen-bond donors (Lipinski definition) is 6. The zero-order valence-corrected chi connectivity index (χ0v) is 16.4. The molecule has 1 aliphatic heterocycles. The van der Waals surface area contributed by atoms with Gasteiger partial charge in [-0.25, -0.2) is 18.5 Å². The fraction of sp³-hybridized carbons (Fsp3) is 0.545. The lowest BCUT2D eigenvalue weighted by atomic mass is 10.1. The van der Waals surface area contributed by atoms with Crippen LogP contribution < -0.4 is 11.1 Å². The number of nitrogens with one attached hydrogen (secondary N) is 1. The van der Waals surface area contributed by atoms with Crippen molar-refractivity contribution >= 4 is 38.6 Å². The maximum absolute atomic E-state index is 14.6.